The molecule has 1 aromatic carbocycles. The van der Waals surface area contributed by atoms with Crippen molar-refractivity contribution in [3.8, 4) is 11.5 Å². The summed E-state index contributed by atoms with van der Waals surface area (Å²) in [4.78, 5) is 0. The van der Waals surface area contributed by atoms with Gasteiger partial charge in [0.2, 0.25) is 0 Å². The average molecular weight is 339 g/mol. The van der Waals surface area contributed by atoms with Crippen LogP contribution in [0.3, 0.4) is 0 Å². The number of hydrogen-bond acceptors (Lipinski definition) is 3. The molecule has 4 heteroatoms. The second-order valence-corrected chi connectivity index (χ2v) is 6.34. The van der Waals surface area contributed by atoms with Crippen LogP contribution in [0.15, 0.2) is 34.8 Å². The van der Waals surface area contributed by atoms with Gasteiger partial charge in [0.05, 0.1) is 10.6 Å². The molecule has 20 heavy (non-hydrogen) atoms. The minimum atomic E-state index is -0.503. The number of phenols is 1. The molecule has 2 N–H and O–H groups in total. The molecule has 0 spiro atoms. The molecule has 0 amide bonds. The number of benzene rings is 1. The topological polar surface area (TPSA) is 49.7 Å². The van der Waals surface area contributed by atoms with Gasteiger partial charge in [-0.25, -0.2) is 0 Å². The molecule has 0 radical (unpaired) electrons. The zero-order valence-electron chi connectivity index (χ0n) is 11.7. The maximum Gasteiger partial charge on any atom is 0.130 e. The first-order valence-corrected chi connectivity index (χ1v) is 7.34. The van der Waals surface area contributed by atoms with E-state index in [9.17, 15) is 10.2 Å². The molecule has 1 aromatic rings. The summed E-state index contributed by atoms with van der Waals surface area (Å²) in [5.74, 6) is 0.919. The SMILES string of the molecule is C=C(C)[C@@H](O)CC[C@@]1(C)C=Cc2cc(O)c(Br)cc2O1. The van der Waals surface area contributed by atoms with Crippen molar-refractivity contribution in [1.82, 2.24) is 0 Å². The van der Waals surface area contributed by atoms with E-state index in [1.165, 1.54) is 0 Å². The predicted molar refractivity (Wildman–Crippen MR) is 83.9 cm³/mol. The predicted octanol–water partition coefficient (Wildman–Crippen LogP) is 4.04. The maximum atomic E-state index is 9.83. The van der Waals surface area contributed by atoms with Crippen molar-refractivity contribution in [3.63, 3.8) is 0 Å². The summed E-state index contributed by atoms with van der Waals surface area (Å²) in [5, 5.41) is 19.5. The van der Waals surface area contributed by atoms with E-state index in [4.69, 9.17) is 4.74 Å². The van der Waals surface area contributed by atoms with E-state index in [0.29, 0.717) is 17.3 Å². The molecule has 0 bridgehead atoms. The van der Waals surface area contributed by atoms with Gasteiger partial charge in [-0.2, -0.15) is 0 Å². The molecule has 0 saturated heterocycles. The van der Waals surface area contributed by atoms with Gasteiger partial charge in [-0.05, 0) is 60.8 Å². The molecule has 0 unspecified atom stereocenters. The molecule has 1 aliphatic rings. The summed E-state index contributed by atoms with van der Waals surface area (Å²) in [7, 11) is 0. The Kier molecular flexibility index (Phi) is 4.25. The van der Waals surface area contributed by atoms with Gasteiger partial charge < -0.3 is 14.9 Å². The number of aliphatic hydroxyl groups is 1. The first-order valence-electron chi connectivity index (χ1n) is 6.55. The highest BCUT2D eigenvalue weighted by molar-refractivity contribution is 9.10. The summed E-state index contributed by atoms with van der Waals surface area (Å²) in [6.07, 6.45) is 4.70. The molecule has 108 valence electrons. The second kappa shape index (κ2) is 5.62. The highest BCUT2D eigenvalue weighted by atomic mass is 79.9. The summed E-state index contributed by atoms with van der Waals surface area (Å²) in [6, 6.07) is 3.43. The van der Waals surface area contributed by atoms with Crippen LogP contribution in [-0.4, -0.2) is 21.9 Å². The standard InChI is InChI=1S/C16H19BrO3/c1-10(2)13(18)5-7-16(3)6-4-11-8-14(19)12(17)9-15(11)20-16/h4,6,8-9,13,18-19H,1,5,7H2,2-3H3/t13-,16+/m0/s1. The highest BCUT2D eigenvalue weighted by Gasteiger charge is 2.28. The smallest absolute Gasteiger partial charge is 0.130 e. The van der Waals surface area contributed by atoms with Gasteiger partial charge in [0, 0.05) is 5.56 Å². The summed E-state index contributed by atoms with van der Waals surface area (Å²) in [6.45, 7) is 7.56. The van der Waals surface area contributed by atoms with Gasteiger partial charge in [0.1, 0.15) is 17.1 Å². The van der Waals surface area contributed by atoms with E-state index < -0.39 is 11.7 Å². The van der Waals surface area contributed by atoms with Crippen LogP contribution in [-0.2, 0) is 0 Å². The Morgan fingerprint density at radius 3 is 2.85 bits per heavy atom. The lowest BCUT2D eigenvalue weighted by atomic mass is 9.92. The Morgan fingerprint density at radius 2 is 2.20 bits per heavy atom. The summed E-state index contributed by atoms with van der Waals surface area (Å²) >= 11 is 3.29. The lowest BCUT2D eigenvalue weighted by Crippen LogP contribution is -2.33. The van der Waals surface area contributed by atoms with E-state index in [1.807, 2.05) is 26.0 Å². The van der Waals surface area contributed by atoms with E-state index in [1.54, 1.807) is 12.1 Å². The van der Waals surface area contributed by atoms with Crippen LogP contribution in [0.2, 0.25) is 0 Å². The van der Waals surface area contributed by atoms with Crippen LogP contribution in [0, 0.1) is 0 Å². The Bertz CT molecular complexity index is 565. The fourth-order valence-corrected chi connectivity index (χ4v) is 2.46. The molecular formula is C16H19BrO3. The van der Waals surface area contributed by atoms with Crippen molar-refractivity contribution in [2.75, 3.05) is 0 Å². The largest absolute Gasteiger partial charge is 0.507 e. The van der Waals surface area contributed by atoms with Crippen molar-refractivity contribution >= 4 is 22.0 Å². The number of ether oxygens (including phenoxy) is 1. The zero-order valence-corrected chi connectivity index (χ0v) is 13.3. The fourth-order valence-electron chi connectivity index (χ4n) is 2.13. The van der Waals surface area contributed by atoms with Crippen LogP contribution in [0.25, 0.3) is 6.08 Å². The third-order valence-electron chi connectivity index (χ3n) is 3.52. The normalized spacial score (nSPS) is 22.0. The third kappa shape index (κ3) is 3.25. The first-order chi connectivity index (χ1) is 9.31. The van der Waals surface area contributed by atoms with Crippen molar-refractivity contribution in [2.45, 2.75) is 38.4 Å². The number of aliphatic hydroxyl groups excluding tert-OH is 1. The Labute approximate surface area is 127 Å². The average Bonchev–Trinajstić information content (AvgIpc) is 2.38. The molecule has 3 nitrogen and oxygen atoms in total. The zero-order chi connectivity index (χ0) is 14.9. The second-order valence-electron chi connectivity index (χ2n) is 5.49. The number of hydrogen-bond donors (Lipinski definition) is 2. The third-order valence-corrected chi connectivity index (χ3v) is 4.16. The van der Waals surface area contributed by atoms with Crippen LogP contribution < -0.4 is 4.74 Å². The number of fused-ring (bicyclic) bond motifs is 1. The van der Waals surface area contributed by atoms with Gasteiger partial charge >= 0.3 is 0 Å². The summed E-state index contributed by atoms with van der Waals surface area (Å²) in [5.41, 5.74) is 1.16. The molecule has 0 saturated carbocycles. The number of aromatic hydroxyl groups is 1. The lowest BCUT2D eigenvalue weighted by molar-refractivity contribution is 0.101. The molecule has 0 aromatic heterocycles. The molecule has 2 rings (SSSR count). The Morgan fingerprint density at radius 1 is 1.50 bits per heavy atom. The minimum absolute atomic E-state index is 0.193. The van der Waals surface area contributed by atoms with Crippen LogP contribution in [0.1, 0.15) is 32.3 Å². The van der Waals surface area contributed by atoms with Gasteiger partial charge in [-0.1, -0.05) is 18.2 Å². The molecule has 1 aliphatic heterocycles. The van der Waals surface area contributed by atoms with E-state index in [-0.39, 0.29) is 5.75 Å². The quantitative estimate of drug-likeness (QED) is 0.814. The van der Waals surface area contributed by atoms with Gasteiger partial charge in [-0.3, -0.25) is 0 Å². The van der Waals surface area contributed by atoms with Crippen molar-refractivity contribution < 1.29 is 14.9 Å². The Balaban J connectivity index is 2.14. The van der Waals surface area contributed by atoms with Crippen molar-refractivity contribution in [1.29, 1.82) is 0 Å². The Hall–Kier alpha value is -1.26. The molecule has 0 fully saturated rings. The first kappa shape index (κ1) is 15.1. The number of halogens is 1. The van der Waals surface area contributed by atoms with Crippen molar-refractivity contribution in [2.24, 2.45) is 0 Å². The number of rotatable bonds is 4. The van der Waals surface area contributed by atoms with Gasteiger partial charge in [0.15, 0.2) is 0 Å². The number of phenolic OH excluding ortho intramolecular Hbond substituents is 1. The fraction of sp³-hybridized carbons (Fsp3) is 0.375. The van der Waals surface area contributed by atoms with E-state index >= 15 is 0 Å². The lowest BCUT2D eigenvalue weighted by Gasteiger charge is -2.32. The van der Waals surface area contributed by atoms with Crippen molar-refractivity contribution in [3.05, 3.63) is 40.4 Å². The van der Waals surface area contributed by atoms with Crippen LogP contribution >= 0.6 is 15.9 Å². The van der Waals surface area contributed by atoms with E-state index in [0.717, 1.165) is 16.9 Å². The monoisotopic (exact) mass is 338 g/mol. The molecule has 1 heterocycles. The maximum absolute atomic E-state index is 9.83. The highest BCUT2D eigenvalue weighted by Crippen LogP contribution is 2.39. The molecular weight excluding hydrogens is 320 g/mol. The van der Waals surface area contributed by atoms with Gasteiger partial charge in [-0.15, -0.1) is 0 Å². The van der Waals surface area contributed by atoms with Gasteiger partial charge in [0.25, 0.3) is 0 Å². The van der Waals surface area contributed by atoms with E-state index in [2.05, 4.69) is 22.5 Å². The van der Waals surface area contributed by atoms with Crippen LogP contribution in [0.4, 0.5) is 0 Å². The van der Waals surface area contributed by atoms with Crippen LogP contribution in [0.5, 0.6) is 11.5 Å². The molecule has 2 atom stereocenters. The summed E-state index contributed by atoms with van der Waals surface area (Å²) < 4.78 is 6.62. The molecule has 0 aliphatic carbocycles. The minimum Gasteiger partial charge on any atom is -0.507 e.